The maximum absolute atomic E-state index is 13.3. The van der Waals surface area contributed by atoms with Crippen molar-refractivity contribution in [2.75, 3.05) is 38.0 Å². The Morgan fingerprint density at radius 1 is 0.923 bits per heavy atom. The van der Waals surface area contributed by atoms with Crippen molar-refractivity contribution in [3.8, 4) is 5.75 Å². The average molecular weight is 566 g/mol. The Hall–Kier alpha value is -4.22. The van der Waals surface area contributed by atoms with Crippen LogP contribution >= 0.6 is 11.6 Å². The van der Waals surface area contributed by atoms with Gasteiger partial charge in [0.1, 0.15) is 10.6 Å². The second-order valence-electron chi connectivity index (χ2n) is 8.79. The van der Waals surface area contributed by atoms with Crippen LogP contribution in [0.4, 0.5) is 5.69 Å². The number of aromatic nitrogens is 2. The van der Waals surface area contributed by atoms with E-state index < -0.39 is 10.0 Å². The molecule has 0 unspecified atom stereocenters. The molecule has 200 valence electrons. The fourth-order valence-corrected chi connectivity index (χ4v) is 5.84. The van der Waals surface area contributed by atoms with Gasteiger partial charge in [0.25, 0.3) is 21.8 Å². The molecule has 1 aliphatic rings. The van der Waals surface area contributed by atoms with E-state index in [2.05, 4.69) is 14.7 Å². The highest BCUT2D eigenvalue weighted by atomic mass is 35.5. The summed E-state index contributed by atoms with van der Waals surface area (Å²) in [5, 5.41) is 1.02. The number of fused-ring (bicyclic) bond motifs is 1. The van der Waals surface area contributed by atoms with Crippen molar-refractivity contribution in [1.29, 1.82) is 0 Å². The maximum atomic E-state index is 13.3. The van der Waals surface area contributed by atoms with Gasteiger partial charge >= 0.3 is 0 Å². The smallest absolute Gasteiger partial charge is 0.264 e. The molecule has 2 amide bonds. The summed E-state index contributed by atoms with van der Waals surface area (Å²) < 4.78 is 34.3. The molecule has 0 aliphatic carbocycles. The first-order valence-electron chi connectivity index (χ1n) is 12.0. The van der Waals surface area contributed by atoms with Crippen LogP contribution in [0.5, 0.6) is 5.75 Å². The molecule has 0 atom stereocenters. The first-order valence-corrected chi connectivity index (χ1v) is 13.9. The molecule has 2 aromatic heterocycles. The SMILES string of the molecule is COc1cc(NS(=O)(=O)c2cccc3cccnc23)ccc1C(=O)N1CCN(C(=O)c2cnccc2Cl)CC1. The summed E-state index contributed by atoms with van der Waals surface area (Å²) in [5.41, 5.74) is 1.19. The second kappa shape index (κ2) is 10.9. The Balaban J connectivity index is 1.30. The lowest BCUT2D eigenvalue weighted by Crippen LogP contribution is -2.50. The molecule has 5 rings (SSSR count). The third-order valence-corrected chi connectivity index (χ3v) is 8.16. The number of halogens is 1. The van der Waals surface area contributed by atoms with Gasteiger partial charge in [-0.25, -0.2) is 8.42 Å². The Kier molecular flexibility index (Phi) is 7.36. The van der Waals surface area contributed by atoms with E-state index in [1.807, 2.05) is 0 Å². The highest BCUT2D eigenvalue weighted by Crippen LogP contribution is 2.28. The number of ether oxygens (including phenoxy) is 1. The summed E-state index contributed by atoms with van der Waals surface area (Å²) in [4.78, 5) is 37.6. The zero-order chi connectivity index (χ0) is 27.6. The maximum Gasteiger partial charge on any atom is 0.264 e. The summed E-state index contributed by atoms with van der Waals surface area (Å²) in [6, 6.07) is 14.5. The van der Waals surface area contributed by atoms with Crippen LogP contribution in [0.2, 0.25) is 5.02 Å². The van der Waals surface area contributed by atoms with Gasteiger partial charge in [0, 0.05) is 56.2 Å². The normalized spacial score (nSPS) is 13.8. The first kappa shape index (κ1) is 26.4. The van der Waals surface area contributed by atoms with Crippen LogP contribution in [0.3, 0.4) is 0 Å². The summed E-state index contributed by atoms with van der Waals surface area (Å²) in [7, 11) is -2.56. The van der Waals surface area contributed by atoms with Gasteiger partial charge in [0.05, 0.1) is 34.5 Å². The van der Waals surface area contributed by atoms with E-state index in [0.717, 1.165) is 0 Å². The van der Waals surface area contributed by atoms with E-state index in [-0.39, 0.29) is 33.7 Å². The number of anilines is 1. The molecule has 12 heteroatoms. The Morgan fingerprint density at radius 3 is 2.31 bits per heavy atom. The van der Waals surface area contributed by atoms with Gasteiger partial charge in [0.2, 0.25) is 0 Å². The van der Waals surface area contributed by atoms with Crippen molar-refractivity contribution >= 4 is 50.0 Å². The van der Waals surface area contributed by atoms with Gasteiger partial charge in [-0.3, -0.25) is 24.3 Å². The molecular formula is C27H24ClN5O5S. The standard InChI is InChI=1S/C27H24ClN5O5S/c1-38-23-16-19(31-39(36,37)24-6-2-4-18-5-3-10-30-25(18)24)7-8-20(23)26(34)32-12-14-33(15-13-32)27(35)21-17-29-11-9-22(21)28/h2-11,16-17,31H,12-15H2,1H3. The number of nitrogens with zero attached hydrogens (tertiary/aromatic N) is 4. The number of hydrogen-bond donors (Lipinski definition) is 1. The Labute approximate surface area is 230 Å². The van der Waals surface area contributed by atoms with Crippen molar-refractivity contribution in [2.45, 2.75) is 4.90 Å². The van der Waals surface area contributed by atoms with E-state index in [1.54, 1.807) is 40.1 Å². The number of piperazine rings is 1. The molecule has 1 saturated heterocycles. The van der Waals surface area contributed by atoms with Gasteiger partial charge in [-0.1, -0.05) is 29.8 Å². The zero-order valence-corrected chi connectivity index (χ0v) is 22.4. The summed E-state index contributed by atoms with van der Waals surface area (Å²) in [6.07, 6.45) is 4.48. The summed E-state index contributed by atoms with van der Waals surface area (Å²) >= 11 is 6.13. The third kappa shape index (κ3) is 5.36. The number of sulfonamides is 1. The quantitative estimate of drug-likeness (QED) is 0.378. The monoisotopic (exact) mass is 565 g/mol. The van der Waals surface area contributed by atoms with E-state index >= 15 is 0 Å². The van der Waals surface area contributed by atoms with E-state index in [9.17, 15) is 18.0 Å². The van der Waals surface area contributed by atoms with Gasteiger partial charge in [-0.2, -0.15) is 0 Å². The third-order valence-electron chi connectivity index (χ3n) is 6.42. The molecule has 0 spiro atoms. The largest absolute Gasteiger partial charge is 0.496 e. The van der Waals surface area contributed by atoms with Gasteiger partial charge in [-0.05, 0) is 30.3 Å². The van der Waals surface area contributed by atoms with E-state index in [0.29, 0.717) is 47.7 Å². The first-order chi connectivity index (χ1) is 18.8. The number of rotatable bonds is 6. The number of benzene rings is 2. The number of pyridine rings is 2. The summed E-state index contributed by atoms with van der Waals surface area (Å²) in [6.45, 7) is 1.28. The molecular weight excluding hydrogens is 542 g/mol. The zero-order valence-electron chi connectivity index (χ0n) is 20.9. The van der Waals surface area contributed by atoms with E-state index in [4.69, 9.17) is 16.3 Å². The molecule has 1 aliphatic heterocycles. The van der Waals surface area contributed by atoms with Crippen molar-refractivity contribution < 1.29 is 22.7 Å². The molecule has 1 fully saturated rings. The molecule has 39 heavy (non-hydrogen) atoms. The number of carbonyl (C=O) groups excluding carboxylic acids is 2. The fraction of sp³-hybridized carbons (Fsp3) is 0.185. The number of para-hydroxylation sites is 1. The number of hydrogen-bond acceptors (Lipinski definition) is 7. The van der Waals surface area contributed by atoms with Crippen LogP contribution in [0.25, 0.3) is 10.9 Å². The number of methoxy groups -OCH3 is 1. The van der Waals surface area contributed by atoms with Crippen LogP contribution in [0.1, 0.15) is 20.7 Å². The van der Waals surface area contributed by atoms with Gasteiger partial charge < -0.3 is 14.5 Å². The lowest BCUT2D eigenvalue weighted by Gasteiger charge is -2.35. The van der Waals surface area contributed by atoms with Crippen molar-refractivity contribution in [3.05, 3.63) is 89.3 Å². The highest BCUT2D eigenvalue weighted by molar-refractivity contribution is 7.93. The predicted molar refractivity (Wildman–Crippen MR) is 147 cm³/mol. The lowest BCUT2D eigenvalue weighted by atomic mass is 10.1. The van der Waals surface area contributed by atoms with Crippen LogP contribution in [0.15, 0.2) is 78.1 Å². The predicted octanol–water partition coefficient (Wildman–Crippen LogP) is 3.69. The molecule has 4 aromatic rings. The second-order valence-corrected chi connectivity index (χ2v) is 10.8. The van der Waals surface area contributed by atoms with Gasteiger partial charge in [0.15, 0.2) is 0 Å². The molecule has 0 saturated carbocycles. The number of amides is 2. The molecule has 10 nitrogen and oxygen atoms in total. The van der Waals surface area contributed by atoms with E-state index in [1.165, 1.54) is 50.0 Å². The molecule has 2 aromatic carbocycles. The molecule has 3 heterocycles. The van der Waals surface area contributed by atoms with Gasteiger partial charge in [-0.15, -0.1) is 0 Å². The lowest BCUT2D eigenvalue weighted by molar-refractivity contribution is 0.0533. The average Bonchev–Trinajstić information content (AvgIpc) is 2.96. The van der Waals surface area contributed by atoms with Crippen molar-refractivity contribution in [1.82, 2.24) is 19.8 Å². The van der Waals surface area contributed by atoms with Crippen molar-refractivity contribution in [3.63, 3.8) is 0 Å². The molecule has 1 N–H and O–H groups in total. The topological polar surface area (TPSA) is 122 Å². The number of carbonyl (C=O) groups is 2. The minimum Gasteiger partial charge on any atom is -0.496 e. The minimum atomic E-state index is -3.97. The fourth-order valence-electron chi connectivity index (χ4n) is 4.42. The highest BCUT2D eigenvalue weighted by Gasteiger charge is 2.28. The molecule has 0 bridgehead atoms. The number of nitrogens with one attached hydrogen (secondary N) is 1. The van der Waals surface area contributed by atoms with Crippen LogP contribution in [-0.4, -0.2) is 73.3 Å². The Bertz CT molecular complexity index is 1670. The van der Waals surface area contributed by atoms with Crippen molar-refractivity contribution in [2.24, 2.45) is 0 Å². The molecule has 0 radical (unpaired) electrons. The summed E-state index contributed by atoms with van der Waals surface area (Å²) in [5.74, 6) is -0.307. The Morgan fingerprint density at radius 2 is 1.62 bits per heavy atom. The van der Waals surface area contributed by atoms with Crippen LogP contribution in [-0.2, 0) is 10.0 Å². The van der Waals surface area contributed by atoms with Crippen LogP contribution in [0, 0.1) is 0 Å². The van der Waals surface area contributed by atoms with Crippen LogP contribution < -0.4 is 9.46 Å². The minimum absolute atomic E-state index is 0.0414.